The molecule has 6 aromatic rings. The number of ether oxygens (including phenoxy) is 2. The van der Waals surface area contributed by atoms with Crippen molar-refractivity contribution in [2.45, 2.75) is 76.7 Å². The summed E-state index contributed by atoms with van der Waals surface area (Å²) in [5.74, 6) is 0.464. The first-order valence-corrected chi connectivity index (χ1v) is 16.7. The Bertz CT molecular complexity index is 2040. The summed E-state index contributed by atoms with van der Waals surface area (Å²) < 4.78 is 13.5. The molecule has 8 bridgehead atoms. The summed E-state index contributed by atoms with van der Waals surface area (Å²) >= 11 is 0. The lowest BCUT2D eigenvalue weighted by atomic mass is 9.84. The van der Waals surface area contributed by atoms with E-state index in [1.807, 2.05) is 41.1 Å². The third kappa shape index (κ3) is 5.05. The molecule has 1 aliphatic heterocycles. The van der Waals surface area contributed by atoms with E-state index in [0.29, 0.717) is 0 Å². The highest BCUT2D eigenvalue weighted by Gasteiger charge is 2.39. The maximum atomic E-state index is 13.5. The summed E-state index contributed by atoms with van der Waals surface area (Å²) in [5.41, 5.74) is 7.96. The van der Waals surface area contributed by atoms with E-state index in [2.05, 4.69) is 117 Å². The number of esters is 1. The molecule has 0 aliphatic carbocycles. The van der Waals surface area contributed by atoms with E-state index in [1.54, 1.807) is 7.11 Å². The molecule has 0 atom stereocenters. The molecular formula is C40H46N5O3+. The number of hydrogen-bond donors (Lipinski definition) is 4. The van der Waals surface area contributed by atoms with Gasteiger partial charge in [0.05, 0.1) is 17.9 Å². The highest BCUT2D eigenvalue weighted by molar-refractivity contribution is 5.78. The van der Waals surface area contributed by atoms with Gasteiger partial charge in [0.2, 0.25) is 12.1 Å². The minimum atomic E-state index is -0.685. The molecule has 0 fully saturated rings. The number of nitrogens with zero attached hydrogens (tertiary/aromatic N) is 1. The van der Waals surface area contributed by atoms with Gasteiger partial charge in [0.15, 0.2) is 6.20 Å². The molecule has 0 spiro atoms. The molecule has 6 heterocycles. The van der Waals surface area contributed by atoms with Gasteiger partial charge in [-0.15, -0.1) is 0 Å². The number of methoxy groups -OCH3 is 1. The van der Waals surface area contributed by atoms with Crippen LogP contribution in [0.3, 0.4) is 0 Å². The van der Waals surface area contributed by atoms with Crippen LogP contribution in [0, 0.1) is 0 Å². The zero-order chi connectivity index (χ0) is 34.1. The number of nitrogens with one attached hydrogen (secondary N) is 4. The summed E-state index contributed by atoms with van der Waals surface area (Å²) in [4.78, 5) is 28.6. The molecule has 5 aromatic heterocycles. The van der Waals surface area contributed by atoms with Crippen LogP contribution in [-0.4, -0.2) is 39.6 Å². The van der Waals surface area contributed by atoms with Crippen molar-refractivity contribution in [3.05, 3.63) is 131 Å². The van der Waals surface area contributed by atoms with Gasteiger partial charge in [0, 0.05) is 73.9 Å². The second kappa shape index (κ2) is 11.0. The van der Waals surface area contributed by atoms with Crippen LogP contribution < -0.4 is 9.30 Å². The van der Waals surface area contributed by atoms with E-state index in [9.17, 15) is 4.79 Å². The monoisotopic (exact) mass is 644 g/mol. The first kappa shape index (κ1) is 31.6. The van der Waals surface area contributed by atoms with Crippen molar-refractivity contribution in [3.8, 4) is 5.75 Å². The highest BCUT2D eigenvalue weighted by atomic mass is 16.5. The van der Waals surface area contributed by atoms with Gasteiger partial charge in [-0.3, -0.25) is 0 Å². The van der Waals surface area contributed by atoms with Gasteiger partial charge < -0.3 is 29.4 Å². The number of pyridine rings is 1. The van der Waals surface area contributed by atoms with E-state index in [1.165, 1.54) is 0 Å². The average Bonchev–Trinajstić information content (AvgIpc) is 3.89. The third-order valence-electron chi connectivity index (χ3n) is 10.9. The molecule has 1 aromatic carbocycles. The minimum Gasteiger partial charge on any atom is -0.497 e. The predicted molar refractivity (Wildman–Crippen MR) is 188 cm³/mol. The number of H-pyrrole nitrogens is 4. The van der Waals surface area contributed by atoms with Crippen molar-refractivity contribution >= 4 is 16.9 Å². The molecule has 1 aliphatic rings. The highest BCUT2D eigenvalue weighted by Crippen LogP contribution is 2.41. The molecule has 48 heavy (non-hydrogen) atoms. The Balaban J connectivity index is 1.27. The second-order valence-electron chi connectivity index (χ2n) is 15.1. The summed E-state index contributed by atoms with van der Waals surface area (Å²) in [6.07, 6.45) is 1.90. The van der Waals surface area contributed by atoms with Gasteiger partial charge in [0.25, 0.3) is 0 Å². The second-order valence-corrected chi connectivity index (χ2v) is 15.1. The fraction of sp³-hybridized carbons (Fsp3) is 0.350. The van der Waals surface area contributed by atoms with Gasteiger partial charge in [-0.2, -0.15) is 4.57 Å². The zero-order valence-corrected chi connectivity index (χ0v) is 29.2. The van der Waals surface area contributed by atoms with Crippen LogP contribution in [0.25, 0.3) is 10.9 Å². The van der Waals surface area contributed by atoms with Gasteiger partial charge in [-0.05, 0) is 115 Å². The van der Waals surface area contributed by atoms with E-state index in [-0.39, 0.29) is 35.4 Å². The van der Waals surface area contributed by atoms with Crippen molar-refractivity contribution in [1.29, 1.82) is 0 Å². The van der Waals surface area contributed by atoms with Crippen molar-refractivity contribution in [3.63, 3.8) is 0 Å². The molecule has 0 unspecified atom stereocenters. The van der Waals surface area contributed by atoms with Crippen LogP contribution in [0.2, 0.25) is 0 Å². The fourth-order valence-corrected chi connectivity index (χ4v) is 7.08. The number of aromatic nitrogens is 5. The largest absolute Gasteiger partial charge is 0.497 e. The van der Waals surface area contributed by atoms with Gasteiger partial charge >= 0.3 is 5.97 Å². The number of aromatic amines is 4. The lowest BCUT2D eigenvalue weighted by molar-refractivity contribution is -0.660. The molecule has 0 radical (unpaired) electrons. The van der Waals surface area contributed by atoms with Crippen molar-refractivity contribution in [2.24, 2.45) is 0 Å². The van der Waals surface area contributed by atoms with E-state index >= 15 is 0 Å². The maximum absolute atomic E-state index is 13.5. The standard InChI is InChI=1S/C40H46N5O3/c1-37(2)28-13-15-30(41-28)38(3,4)32-17-19-34(43-32)40(7,35-20-18-33(44-35)39(5,6)31-16-14-29(37)42-31)24-48-36(46)23-45-21-9-10-25-22-26(47-8)11-12-27(25)45/h9-22,41-44H,23-24H2,1-8H3/q+1. The Morgan fingerprint density at radius 2 is 1.06 bits per heavy atom. The van der Waals surface area contributed by atoms with Crippen LogP contribution in [-0.2, 0) is 37.7 Å². The Morgan fingerprint density at radius 1 is 0.625 bits per heavy atom. The molecular weight excluding hydrogens is 598 g/mol. The first-order chi connectivity index (χ1) is 22.7. The molecule has 0 saturated heterocycles. The predicted octanol–water partition coefficient (Wildman–Crippen LogP) is 7.29. The fourth-order valence-electron chi connectivity index (χ4n) is 7.08. The van der Waals surface area contributed by atoms with Crippen molar-refractivity contribution < 1.29 is 18.8 Å². The number of carbonyl (C=O) groups is 1. The van der Waals surface area contributed by atoms with Crippen molar-refractivity contribution in [1.82, 2.24) is 19.9 Å². The Hall–Kier alpha value is -4.98. The molecule has 7 rings (SSSR count). The van der Waals surface area contributed by atoms with Gasteiger partial charge in [-0.25, -0.2) is 4.79 Å². The molecule has 4 N–H and O–H groups in total. The van der Waals surface area contributed by atoms with Gasteiger partial charge in [-0.1, -0.05) is 0 Å². The van der Waals surface area contributed by atoms with E-state index < -0.39 is 5.41 Å². The van der Waals surface area contributed by atoms with Crippen LogP contribution in [0.15, 0.2) is 85.1 Å². The Labute approximate surface area is 281 Å². The smallest absolute Gasteiger partial charge is 0.372 e. The van der Waals surface area contributed by atoms with Crippen LogP contribution >= 0.6 is 0 Å². The number of benzene rings is 1. The number of carbonyl (C=O) groups excluding carboxylic acids is 1. The Kier molecular flexibility index (Phi) is 7.27. The molecule has 8 heteroatoms. The normalized spacial score (nSPS) is 17.2. The van der Waals surface area contributed by atoms with E-state index in [0.717, 1.165) is 62.2 Å². The van der Waals surface area contributed by atoms with Crippen molar-refractivity contribution in [2.75, 3.05) is 13.7 Å². The number of rotatable bonds is 5. The molecule has 0 saturated carbocycles. The summed E-state index contributed by atoms with van der Waals surface area (Å²) in [6, 6.07) is 27.2. The minimum absolute atomic E-state index is 0.0897. The summed E-state index contributed by atoms with van der Waals surface area (Å²) in [5, 5.41) is 0.990. The third-order valence-corrected chi connectivity index (χ3v) is 10.9. The molecule has 8 nitrogen and oxygen atoms in total. The van der Waals surface area contributed by atoms with Crippen LogP contribution in [0.5, 0.6) is 5.75 Å². The zero-order valence-electron chi connectivity index (χ0n) is 29.2. The summed E-state index contributed by atoms with van der Waals surface area (Å²) in [6.45, 7) is 15.8. The van der Waals surface area contributed by atoms with E-state index in [4.69, 9.17) is 9.47 Å². The average molecular weight is 645 g/mol. The lowest BCUT2D eigenvalue weighted by Crippen LogP contribution is -2.41. The number of hydrogen-bond acceptors (Lipinski definition) is 3. The quantitative estimate of drug-likeness (QED) is 0.117. The maximum Gasteiger partial charge on any atom is 0.372 e. The topological polar surface area (TPSA) is 103 Å². The van der Waals surface area contributed by atoms with Gasteiger partial charge in [0.1, 0.15) is 12.4 Å². The number of fused-ring (bicyclic) bond motifs is 9. The summed E-state index contributed by atoms with van der Waals surface area (Å²) in [7, 11) is 1.65. The van der Waals surface area contributed by atoms with Crippen LogP contribution in [0.4, 0.5) is 0 Å². The lowest BCUT2D eigenvalue weighted by Gasteiger charge is -2.30. The SMILES string of the molecule is COc1ccc2c(ccc[n+]2CC(=O)OCC2(C)c3ccc([nH]3)C(C)(C)c3ccc([nH]3)C(C)(C)c3ccc([nH]3)C(C)(C)c3ccc2[nH]3)c1. The molecule has 248 valence electrons. The van der Waals surface area contributed by atoms with Crippen LogP contribution in [0.1, 0.15) is 94.0 Å². The first-order valence-electron chi connectivity index (χ1n) is 16.7. The molecule has 0 amide bonds. The Morgan fingerprint density at radius 3 is 1.52 bits per heavy atom.